The van der Waals surface area contributed by atoms with Crippen molar-refractivity contribution in [1.82, 2.24) is 5.32 Å². The van der Waals surface area contributed by atoms with Crippen LogP contribution in [-0.2, 0) is 14.3 Å². The van der Waals surface area contributed by atoms with Gasteiger partial charge in [-0.05, 0) is 51.4 Å². The molecule has 0 aliphatic rings. The summed E-state index contributed by atoms with van der Waals surface area (Å²) in [7, 11) is 0. The molecule has 0 saturated carbocycles. The number of hydrogen-bond acceptors (Lipinski definition) is 5. The van der Waals surface area contributed by atoms with Crippen LogP contribution in [0, 0.1) is 0 Å². The molecule has 6 nitrogen and oxygen atoms in total. The zero-order valence-electron chi connectivity index (χ0n) is 47.7. The SMILES string of the molecule is CCCCCCCCCCCCCCCCCC/C=C/C(O)C(CO)NC(=O)CCCCCCCCCCCCCCCC/C=C\C/C=C\CCOC(=O)CCCCCCCCCCCCCCCCC. The quantitative estimate of drug-likeness (QED) is 0.0321. The Kier molecular flexibility index (Phi) is 59.0. The van der Waals surface area contributed by atoms with E-state index in [0.29, 0.717) is 19.4 Å². The minimum Gasteiger partial charge on any atom is -0.465 e. The molecule has 0 heterocycles. The average molecular weight is 999 g/mol. The highest BCUT2D eigenvalue weighted by Crippen LogP contribution is 2.18. The molecule has 0 rings (SSSR count). The number of amides is 1. The van der Waals surface area contributed by atoms with E-state index >= 15 is 0 Å². The van der Waals surface area contributed by atoms with Gasteiger partial charge < -0.3 is 20.3 Å². The average Bonchev–Trinajstić information content (AvgIpc) is 3.37. The lowest BCUT2D eigenvalue weighted by molar-refractivity contribution is -0.143. The summed E-state index contributed by atoms with van der Waals surface area (Å²) < 4.78 is 5.42. The number of rotatable bonds is 59. The van der Waals surface area contributed by atoms with Crippen molar-refractivity contribution in [2.24, 2.45) is 0 Å². The lowest BCUT2D eigenvalue weighted by Gasteiger charge is -2.20. The number of carbonyl (C=O) groups is 2. The minimum absolute atomic E-state index is 0.0327. The van der Waals surface area contributed by atoms with Gasteiger partial charge in [0.05, 0.1) is 25.4 Å². The molecule has 0 aromatic carbocycles. The van der Waals surface area contributed by atoms with Crippen molar-refractivity contribution in [3.63, 3.8) is 0 Å². The number of carbonyl (C=O) groups excluding carboxylic acids is 2. The lowest BCUT2D eigenvalue weighted by Crippen LogP contribution is -2.45. The largest absolute Gasteiger partial charge is 0.465 e. The molecule has 3 N–H and O–H groups in total. The molecule has 0 aliphatic carbocycles. The van der Waals surface area contributed by atoms with Gasteiger partial charge in [-0.15, -0.1) is 0 Å². The Morgan fingerprint density at radius 3 is 1.07 bits per heavy atom. The highest BCUT2D eigenvalue weighted by atomic mass is 16.5. The van der Waals surface area contributed by atoms with Gasteiger partial charge in [-0.3, -0.25) is 9.59 Å². The highest BCUT2D eigenvalue weighted by Gasteiger charge is 2.18. The molecular formula is C65H123NO5. The maximum atomic E-state index is 12.5. The summed E-state index contributed by atoms with van der Waals surface area (Å²) in [6.07, 6.45) is 76.3. The molecule has 6 heteroatoms. The van der Waals surface area contributed by atoms with Gasteiger partial charge >= 0.3 is 5.97 Å². The summed E-state index contributed by atoms with van der Waals surface area (Å²) >= 11 is 0. The molecular weight excluding hydrogens is 875 g/mol. The molecule has 0 aromatic heterocycles. The van der Waals surface area contributed by atoms with Crippen molar-refractivity contribution in [3.05, 3.63) is 36.5 Å². The Morgan fingerprint density at radius 2 is 0.704 bits per heavy atom. The molecule has 0 radical (unpaired) electrons. The van der Waals surface area contributed by atoms with Gasteiger partial charge in [0.2, 0.25) is 5.91 Å². The first-order valence-electron chi connectivity index (χ1n) is 31.8. The monoisotopic (exact) mass is 998 g/mol. The second-order valence-corrected chi connectivity index (χ2v) is 21.7. The highest BCUT2D eigenvalue weighted by molar-refractivity contribution is 5.76. The summed E-state index contributed by atoms with van der Waals surface area (Å²) in [5.74, 6) is -0.103. The van der Waals surface area contributed by atoms with E-state index in [9.17, 15) is 19.8 Å². The Morgan fingerprint density at radius 1 is 0.394 bits per heavy atom. The third kappa shape index (κ3) is 57.2. The number of aliphatic hydroxyl groups excluding tert-OH is 2. The molecule has 0 aromatic rings. The molecule has 71 heavy (non-hydrogen) atoms. The molecule has 2 atom stereocenters. The van der Waals surface area contributed by atoms with Crippen LogP contribution in [0.15, 0.2) is 36.5 Å². The number of esters is 1. The fourth-order valence-electron chi connectivity index (χ4n) is 9.83. The van der Waals surface area contributed by atoms with Crippen LogP contribution in [-0.4, -0.2) is 47.4 Å². The van der Waals surface area contributed by atoms with E-state index in [1.807, 2.05) is 6.08 Å². The van der Waals surface area contributed by atoms with Crippen LogP contribution in [0.1, 0.15) is 341 Å². The summed E-state index contributed by atoms with van der Waals surface area (Å²) in [6.45, 7) is 4.82. The first kappa shape index (κ1) is 69.1. The second-order valence-electron chi connectivity index (χ2n) is 21.7. The zero-order valence-corrected chi connectivity index (χ0v) is 47.7. The smallest absolute Gasteiger partial charge is 0.305 e. The van der Waals surface area contributed by atoms with Crippen LogP contribution in [0.3, 0.4) is 0 Å². The summed E-state index contributed by atoms with van der Waals surface area (Å²) in [5.41, 5.74) is 0. The summed E-state index contributed by atoms with van der Waals surface area (Å²) in [5, 5.41) is 23.2. The number of allylic oxidation sites excluding steroid dienone is 4. The number of nitrogens with one attached hydrogen (secondary N) is 1. The van der Waals surface area contributed by atoms with Gasteiger partial charge in [-0.25, -0.2) is 0 Å². The predicted molar refractivity (Wildman–Crippen MR) is 310 cm³/mol. The van der Waals surface area contributed by atoms with Gasteiger partial charge in [0.1, 0.15) is 0 Å². The van der Waals surface area contributed by atoms with E-state index in [0.717, 1.165) is 51.4 Å². The van der Waals surface area contributed by atoms with E-state index in [1.165, 1.54) is 263 Å². The van der Waals surface area contributed by atoms with Crippen molar-refractivity contribution in [2.75, 3.05) is 13.2 Å². The van der Waals surface area contributed by atoms with E-state index in [2.05, 4.69) is 43.5 Å². The first-order valence-corrected chi connectivity index (χ1v) is 31.8. The van der Waals surface area contributed by atoms with Crippen molar-refractivity contribution in [3.8, 4) is 0 Å². The van der Waals surface area contributed by atoms with Crippen molar-refractivity contribution in [1.29, 1.82) is 0 Å². The summed E-state index contributed by atoms with van der Waals surface area (Å²) in [4.78, 5) is 24.5. The number of ether oxygens (including phenoxy) is 1. The molecule has 0 saturated heterocycles. The fraction of sp³-hybridized carbons (Fsp3) is 0.877. The van der Waals surface area contributed by atoms with Crippen LogP contribution in [0.4, 0.5) is 0 Å². The molecule has 0 aliphatic heterocycles. The van der Waals surface area contributed by atoms with E-state index < -0.39 is 12.1 Å². The van der Waals surface area contributed by atoms with Gasteiger partial charge in [0.25, 0.3) is 0 Å². The third-order valence-corrected chi connectivity index (χ3v) is 14.7. The number of unbranched alkanes of at least 4 members (excludes halogenated alkanes) is 44. The van der Waals surface area contributed by atoms with Gasteiger partial charge in [0.15, 0.2) is 0 Å². The fourth-order valence-corrected chi connectivity index (χ4v) is 9.83. The second kappa shape index (κ2) is 60.6. The minimum atomic E-state index is -0.848. The normalized spacial score (nSPS) is 12.8. The maximum Gasteiger partial charge on any atom is 0.305 e. The van der Waals surface area contributed by atoms with Crippen LogP contribution in [0.5, 0.6) is 0 Å². The Labute approximate surface area is 443 Å². The Bertz CT molecular complexity index is 1150. The molecule has 1 amide bonds. The summed E-state index contributed by atoms with van der Waals surface area (Å²) in [6, 6.07) is -0.632. The Balaban J connectivity index is 3.47. The van der Waals surface area contributed by atoms with Gasteiger partial charge in [0, 0.05) is 12.8 Å². The van der Waals surface area contributed by atoms with Crippen molar-refractivity contribution < 1.29 is 24.5 Å². The molecule has 0 spiro atoms. The van der Waals surface area contributed by atoms with Crippen molar-refractivity contribution in [2.45, 2.75) is 353 Å². The van der Waals surface area contributed by atoms with Crippen LogP contribution >= 0.6 is 0 Å². The maximum absolute atomic E-state index is 12.5. The van der Waals surface area contributed by atoms with E-state index in [1.54, 1.807) is 6.08 Å². The van der Waals surface area contributed by atoms with E-state index in [-0.39, 0.29) is 18.5 Å². The molecule has 418 valence electrons. The predicted octanol–water partition coefficient (Wildman–Crippen LogP) is 20.0. The van der Waals surface area contributed by atoms with Crippen LogP contribution < -0.4 is 5.32 Å². The van der Waals surface area contributed by atoms with E-state index in [4.69, 9.17) is 4.74 Å². The Hall–Kier alpha value is -1.92. The lowest BCUT2D eigenvalue weighted by atomic mass is 10.0. The standard InChI is InChI=1S/C65H123NO5/c1-3-5-7-9-11-13-15-17-19-20-26-30-33-37-41-45-49-53-57-63(68)62(61-67)66-64(69)58-54-50-46-42-38-34-31-27-24-22-21-23-25-28-32-36-40-44-48-52-56-60-71-65(70)59-55-51-47-43-39-35-29-18-16-14-12-10-8-6-4-2/h36,40,48,52-53,57,62-63,67-68H,3-35,37-39,41-47,49-51,54-56,58-61H2,1-2H3,(H,66,69)/b40-36-,52-48-,57-53+. The number of aliphatic hydroxyl groups is 2. The number of hydrogen-bond donors (Lipinski definition) is 3. The van der Waals surface area contributed by atoms with Crippen molar-refractivity contribution >= 4 is 11.9 Å². The molecule has 0 fully saturated rings. The zero-order chi connectivity index (χ0) is 51.4. The topological polar surface area (TPSA) is 95.9 Å². The van der Waals surface area contributed by atoms with Gasteiger partial charge in [-0.1, -0.05) is 314 Å². The third-order valence-electron chi connectivity index (χ3n) is 14.7. The molecule has 2 unspecified atom stereocenters. The van der Waals surface area contributed by atoms with Gasteiger partial charge in [-0.2, -0.15) is 0 Å². The molecule has 0 bridgehead atoms. The van der Waals surface area contributed by atoms with Crippen LogP contribution in [0.25, 0.3) is 0 Å². The first-order chi connectivity index (χ1) is 35.0. The van der Waals surface area contributed by atoms with Crippen LogP contribution in [0.2, 0.25) is 0 Å².